The number of hydrogen-bond donors (Lipinski definition) is 0. The van der Waals surface area contributed by atoms with Crippen molar-refractivity contribution in [3.63, 3.8) is 0 Å². The lowest BCUT2D eigenvalue weighted by atomic mass is 9.97. The van der Waals surface area contributed by atoms with Gasteiger partial charge in [0.15, 0.2) is 0 Å². The molecule has 0 amide bonds. The lowest BCUT2D eigenvalue weighted by Crippen LogP contribution is -1.94. The second kappa shape index (κ2) is 14.8. The molecule has 108 valence electrons. The molecular formula is C18H36. The Labute approximate surface area is 116 Å². The van der Waals surface area contributed by atoms with E-state index in [0.29, 0.717) is 0 Å². The van der Waals surface area contributed by atoms with Gasteiger partial charge >= 0.3 is 0 Å². The normalized spacial score (nSPS) is 12.6. The Morgan fingerprint density at radius 1 is 0.778 bits per heavy atom. The van der Waals surface area contributed by atoms with Crippen LogP contribution in [-0.4, -0.2) is 0 Å². The first kappa shape index (κ1) is 17.7. The molecule has 0 aromatic rings. The summed E-state index contributed by atoms with van der Waals surface area (Å²) in [6, 6.07) is 0. The Balaban J connectivity index is 3.04. The summed E-state index contributed by atoms with van der Waals surface area (Å²) in [7, 11) is 0. The fourth-order valence-electron chi connectivity index (χ4n) is 2.54. The average molecular weight is 252 g/mol. The van der Waals surface area contributed by atoms with Gasteiger partial charge in [-0.15, -0.1) is 6.58 Å². The molecule has 0 rings (SSSR count). The van der Waals surface area contributed by atoms with E-state index >= 15 is 0 Å². The van der Waals surface area contributed by atoms with E-state index in [1.807, 2.05) is 6.08 Å². The van der Waals surface area contributed by atoms with E-state index in [1.165, 1.54) is 83.5 Å². The van der Waals surface area contributed by atoms with Gasteiger partial charge in [0.25, 0.3) is 0 Å². The molecule has 0 heteroatoms. The Kier molecular flexibility index (Phi) is 14.6. The molecule has 0 bridgehead atoms. The monoisotopic (exact) mass is 252 g/mol. The highest BCUT2D eigenvalue weighted by Gasteiger charge is 2.00. The van der Waals surface area contributed by atoms with Crippen molar-refractivity contribution in [2.24, 2.45) is 5.92 Å². The molecule has 0 spiro atoms. The summed E-state index contributed by atoms with van der Waals surface area (Å²) in [5.74, 6) is 0.962. The summed E-state index contributed by atoms with van der Waals surface area (Å²) in [5, 5.41) is 0. The van der Waals surface area contributed by atoms with Gasteiger partial charge in [-0.25, -0.2) is 0 Å². The van der Waals surface area contributed by atoms with Gasteiger partial charge in [0.05, 0.1) is 0 Å². The van der Waals surface area contributed by atoms with Crippen LogP contribution in [0.5, 0.6) is 0 Å². The van der Waals surface area contributed by atoms with Crippen LogP contribution in [0.15, 0.2) is 12.7 Å². The molecule has 0 radical (unpaired) electrons. The minimum absolute atomic E-state index is 0.962. The molecule has 0 aliphatic carbocycles. The number of allylic oxidation sites excluding steroid dienone is 1. The van der Waals surface area contributed by atoms with Crippen molar-refractivity contribution < 1.29 is 0 Å². The fraction of sp³-hybridized carbons (Fsp3) is 0.889. The predicted molar refractivity (Wildman–Crippen MR) is 85.1 cm³/mol. The third-order valence-corrected chi connectivity index (χ3v) is 3.91. The number of unbranched alkanes of at least 4 members (excludes halogenated alkanes) is 9. The molecule has 0 aromatic carbocycles. The van der Waals surface area contributed by atoms with E-state index in [2.05, 4.69) is 20.4 Å². The molecule has 1 atom stereocenters. The van der Waals surface area contributed by atoms with Gasteiger partial charge in [0, 0.05) is 0 Å². The Morgan fingerprint density at radius 2 is 1.28 bits per heavy atom. The Morgan fingerprint density at radius 3 is 1.83 bits per heavy atom. The van der Waals surface area contributed by atoms with E-state index in [4.69, 9.17) is 0 Å². The van der Waals surface area contributed by atoms with Gasteiger partial charge in [-0.2, -0.15) is 0 Å². The summed E-state index contributed by atoms with van der Waals surface area (Å²) in [6.45, 7) is 8.48. The van der Waals surface area contributed by atoms with Gasteiger partial charge in [-0.3, -0.25) is 0 Å². The molecule has 0 saturated carbocycles. The Bertz CT molecular complexity index is 159. The van der Waals surface area contributed by atoms with Crippen LogP contribution in [0.3, 0.4) is 0 Å². The van der Waals surface area contributed by atoms with Crippen molar-refractivity contribution >= 4 is 0 Å². The zero-order chi connectivity index (χ0) is 13.5. The van der Waals surface area contributed by atoms with Crippen LogP contribution in [0, 0.1) is 5.92 Å². The van der Waals surface area contributed by atoms with Crippen LogP contribution in [0.25, 0.3) is 0 Å². The smallest absolute Gasteiger partial charge is 0.0353 e. The standard InChI is InChI=1S/C18H36/c1-4-6-8-9-10-11-12-13-14-15-17-18(3)16-7-5-2/h4,18H,1,5-17H2,2-3H3. The minimum atomic E-state index is 0.962. The molecule has 0 aliphatic rings. The van der Waals surface area contributed by atoms with Crippen LogP contribution >= 0.6 is 0 Å². The van der Waals surface area contributed by atoms with Crippen molar-refractivity contribution in [3.05, 3.63) is 12.7 Å². The SMILES string of the molecule is C=CCCCCCCCCCCC(C)CCCC. The summed E-state index contributed by atoms with van der Waals surface area (Å²) in [5.41, 5.74) is 0. The molecule has 18 heavy (non-hydrogen) atoms. The van der Waals surface area contributed by atoms with E-state index in [9.17, 15) is 0 Å². The molecule has 0 aromatic heterocycles. The highest BCUT2D eigenvalue weighted by atomic mass is 14.1. The van der Waals surface area contributed by atoms with E-state index in [0.717, 1.165) is 5.92 Å². The number of rotatable bonds is 14. The maximum atomic E-state index is 3.76. The van der Waals surface area contributed by atoms with Gasteiger partial charge < -0.3 is 0 Å². The third kappa shape index (κ3) is 13.8. The lowest BCUT2D eigenvalue weighted by molar-refractivity contribution is 0.440. The third-order valence-electron chi connectivity index (χ3n) is 3.91. The summed E-state index contributed by atoms with van der Waals surface area (Å²) >= 11 is 0. The molecule has 0 nitrogen and oxygen atoms in total. The van der Waals surface area contributed by atoms with Gasteiger partial charge in [0.1, 0.15) is 0 Å². The van der Waals surface area contributed by atoms with Crippen molar-refractivity contribution in [2.45, 2.75) is 97.3 Å². The second-order valence-electron chi connectivity index (χ2n) is 5.94. The molecule has 0 fully saturated rings. The molecular weight excluding hydrogens is 216 g/mol. The van der Waals surface area contributed by atoms with E-state index < -0.39 is 0 Å². The van der Waals surface area contributed by atoms with Crippen LogP contribution in [0.4, 0.5) is 0 Å². The van der Waals surface area contributed by atoms with Crippen molar-refractivity contribution in [3.8, 4) is 0 Å². The van der Waals surface area contributed by atoms with Gasteiger partial charge in [0.2, 0.25) is 0 Å². The van der Waals surface area contributed by atoms with Crippen LogP contribution in [0.2, 0.25) is 0 Å². The average Bonchev–Trinajstić information content (AvgIpc) is 2.38. The largest absolute Gasteiger partial charge is 0.103 e. The summed E-state index contributed by atoms with van der Waals surface area (Å²) in [4.78, 5) is 0. The topological polar surface area (TPSA) is 0 Å². The number of hydrogen-bond acceptors (Lipinski definition) is 0. The second-order valence-corrected chi connectivity index (χ2v) is 5.94. The first-order valence-electron chi connectivity index (χ1n) is 8.42. The van der Waals surface area contributed by atoms with Crippen LogP contribution < -0.4 is 0 Å². The van der Waals surface area contributed by atoms with Gasteiger partial charge in [-0.1, -0.05) is 90.6 Å². The first-order chi connectivity index (χ1) is 8.81. The van der Waals surface area contributed by atoms with E-state index in [-0.39, 0.29) is 0 Å². The fourth-order valence-corrected chi connectivity index (χ4v) is 2.54. The zero-order valence-corrected chi connectivity index (χ0v) is 13.1. The maximum Gasteiger partial charge on any atom is -0.0353 e. The first-order valence-corrected chi connectivity index (χ1v) is 8.42. The Hall–Kier alpha value is -0.260. The highest BCUT2D eigenvalue weighted by molar-refractivity contribution is 4.65. The minimum Gasteiger partial charge on any atom is -0.103 e. The molecule has 0 aliphatic heterocycles. The van der Waals surface area contributed by atoms with E-state index in [1.54, 1.807) is 0 Å². The van der Waals surface area contributed by atoms with Crippen molar-refractivity contribution in [2.75, 3.05) is 0 Å². The summed E-state index contributed by atoms with van der Waals surface area (Å²) < 4.78 is 0. The zero-order valence-electron chi connectivity index (χ0n) is 13.1. The molecule has 0 N–H and O–H groups in total. The van der Waals surface area contributed by atoms with Crippen LogP contribution in [-0.2, 0) is 0 Å². The molecule has 1 unspecified atom stereocenters. The lowest BCUT2D eigenvalue weighted by Gasteiger charge is -2.10. The van der Waals surface area contributed by atoms with Crippen LogP contribution in [0.1, 0.15) is 97.3 Å². The molecule has 0 saturated heterocycles. The summed E-state index contributed by atoms with van der Waals surface area (Å²) in [6.07, 6.45) is 20.4. The predicted octanol–water partition coefficient (Wildman–Crippen LogP) is 6.90. The highest BCUT2D eigenvalue weighted by Crippen LogP contribution is 2.17. The van der Waals surface area contributed by atoms with Crippen molar-refractivity contribution in [1.29, 1.82) is 0 Å². The molecule has 0 heterocycles. The van der Waals surface area contributed by atoms with Crippen molar-refractivity contribution in [1.82, 2.24) is 0 Å². The van der Waals surface area contributed by atoms with Gasteiger partial charge in [-0.05, 0) is 18.8 Å². The quantitative estimate of drug-likeness (QED) is 0.233. The maximum absolute atomic E-state index is 3.76.